The highest BCUT2D eigenvalue weighted by molar-refractivity contribution is 14.1. The van der Waals surface area contributed by atoms with Crippen molar-refractivity contribution in [2.24, 2.45) is 11.7 Å². The van der Waals surface area contributed by atoms with Crippen molar-refractivity contribution in [2.75, 3.05) is 79.5 Å². The normalized spacial score (nSPS) is 25.7. The standard InChI is InChI=1S/C103H127IN10O32S3/c1-14-114(102(130)139-49-58-37-39-59(40-38-58)109-92(121)68(34-27-44-106-99(105)127)110-94(123)80(52(2)3)111-93(122)67(108-57(8)115)33-24-26-43-107-100(128)138-50-65-62-30-20-18-28-60(62)61-29-19-21-31-63(61)65)69-51-137-75(47-73(69)132-9)144-89-84(119)81(113-146-76-46-70(116)91(56(7)140-76)148-96(126)77-53(4)79(104)87(90(135-12)86(77)133-10)145-97-85(120)88(134-11)83(118)55(6)142-97)54(5)141-98(89)143-72-35-17-15-16-25-42-103(131)48-71(117)82(112-101(129)136-13)78(72)66(103)41-45-147-149-74-36-23-22-32-64(74)95(124)125/h15-16,18-23,28-32,36-41,52,54-56,65,67-70,72-73,75-76,80-81,83-85,88-89,91,97-98,113,116,118-120,131H,14,24,26-27,33-34,43-51H2,1-13H3,(H,107,128)(H,108,115)(H,109,121)(H,110,123)(H,111,122)(H,112,129)(H,124,125)(H3,105,106,127)/b16-15?,66-41+/t54-,55+,56-,67+,68+,69+,70+,72+,73+,75+,76+,80+,81-,83+,84+,85-,88-,89-,91-,97+,98+,103+/m1/s1. The molecule has 4 heterocycles. The number of urea groups is 1. The van der Waals surface area contributed by atoms with Crippen molar-refractivity contribution in [1.82, 2.24) is 42.3 Å². The van der Waals surface area contributed by atoms with E-state index in [2.05, 4.69) is 66.4 Å². The fraction of sp³-hybridized carbons (Fsp3) is 0.505. The molecule has 2 bridgehead atoms. The van der Waals surface area contributed by atoms with E-state index in [-0.39, 0.29) is 128 Å². The number of aliphatic hydroxyl groups excluding tert-OH is 4. The Kier molecular flexibility index (Phi) is 42.7. The number of alkyl carbamates (subject to hydrolysis) is 2. The van der Waals surface area contributed by atoms with Crippen molar-refractivity contribution in [3.8, 4) is 52.1 Å². The number of halogens is 1. The number of methoxy groups -OCH3 is 5. The summed E-state index contributed by atoms with van der Waals surface area (Å²) >= 11 is 2.72. The zero-order chi connectivity index (χ0) is 108. The number of nitrogens with one attached hydrogen (secondary N) is 8. The van der Waals surface area contributed by atoms with E-state index in [0.717, 1.165) is 62.7 Å². The molecule has 5 aromatic carbocycles. The van der Waals surface area contributed by atoms with Gasteiger partial charge in [0.1, 0.15) is 68.0 Å². The Morgan fingerprint density at radius 3 is 2.03 bits per heavy atom. The monoisotopic (exact) mass is 2240 g/mol. The number of amides is 9. The second-order valence-electron chi connectivity index (χ2n) is 36.4. The molecule has 806 valence electrons. The van der Waals surface area contributed by atoms with Crippen LogP contribution in [0.5, 0.6) is 17.2 Å². The van der Waals surface area contributed by atoms with Gasteiger partial charge in [-0.3, -0.25) is 38.9 Å². The van der Waals surface area contributed by atoms with Gasteiger partial charge in [-0.15, -0.1) is 0 Å². The summed E-state index contributed by atoms with van der Waals surface area (Å²) in [5, 5.41) is 87.0. The number of ether oxygens (including phenoxy) is 14. The van der Waals surface area contributed by atoms with Crippen LogP contribution in [0.25, 0.3) is 11.1 Å². The lowest BCUT2D eigenvalue weighted by molar-refractivity contribution is -0.337. The molecule has 16 N–H and O–H groups in total. The number of primary amides is 1. The highest BCUT2D eigenvalue weighted by Gasteiger charge is 2.54. The maximum absolute atomic E-state index is 14.7. The van der Waals surface area contributed by atoms with Crippen molar-refractivity contribution in [3.63, 3.8) is 0 Å². The van der Waals surface area contributed by atoms with E-state index in [0.29, 0.717) is 32.4 Å². The van der Waals surface area contributed by atoms with Gasteiger partial charge in [0, 0.05) is 87.0 Å². The lowest BCUT2D eigenvalue weighted by Gasteiger charge is -2.47. The summed E-state index contributed by atoms with van der Waals surface area (Å²) in [4.78, 5) is 157. The molecule has 3 aliphatic carbocycles. The van der Waals surface area contributed by atoms with Crippen LogP contribution in [0.2, 0.25) is 0 Å². The average molecular weight is 2240 g/mol. The van der Waals surface area contributed by atoms with E-state index in [9.17, 15) is 83.4 Å². The van der Waals surface area contributed by atoms with Gasteiger partial charge in [-0.05, 0) is 165 Å². The Morgan fingerprint density at radius 1 is 0.698 bits per heavy atom. The van der Waals surface area contributed by atoms with Crippen LogP contribution in [-0.2, 0) is 87.5 Å². The van der Waals surface area contributed by atoms with E-state index in [4.69, 9.17) is 76.9 Å². The maximum Gasteiger partial charge on any atom is 0.411 e. The molecule has 0 radical (unpaired) electrons. The minimum Gasteiger partial charge on any atom is -0.492 e. The molecule has 0 unspecified atom stereocenters. The topological polar surface area (TPSA) is 573 Å². The number of unbranched alkanes of at least 4 members (excludes halogenated alkanes) is 1. The summed E-state index contributed by atoms with van der Waals surface area (Å²) in [6.45, 7) is 12.5. The van der Waals surface area contributed by atoms with Crippen molar-refractivity contribution in [3.05, 3.63) is 169 Å². The maximum atomic E-state index is 14.7. The molecule has 7 aliphatic rings. The number of likely N-dealkylation sites (N-methyl/N-ethyl adjacent to an activating group) is 1. The number of hydroxylamine groups is 1. The van der Waals surface area contributed by atoms with E-state index in [1.807, 2.05) is 71.1 Å². The zero-order valence-corrected chi connectivity index (χ0v) is 88.9. The Labute approximate surface area is 887 Å². The third-order valence-corrected chi connectivity index (χ3v) is 31.0. The molecular formula is C103H127IN10O32S3. The summed E-state index contributed by atoms with van der Waals surface area (Å²) in [5.41, 5.74) is 10.7. The number of rotatable bonds is 44. The van der Waals surface area contributed by atoms with Gasteiger partial charge in [-0.2, -0.15) is 5.48 Å². The molecule has 0 spiro atoms. The van der Waals surface area contributed by atoms with Crippen LogP contribution < -0.4 is 62.6 Å². The van der Waals surface area contributed by atoms with Gasteiger partial charge in [0.15, 0.2) is 41.8 Å². The number of carbonyl (C=O) groups excluding carboxylic acids is 10. The van der Waals surface area contributed by atoms with Gasteiger partial charge in [-0.1, -0.05) is 150 Å². The number of aliphatic hydroxyl groups is 5. The summed E-state index contributed by atoms with van der Waals surface area (Å²) in [7, 11) is 8.71. The third-order valence-electron chi connectivity index (χ3n) is 26.1. The molecule has 5 aromatic rings. The molecule has 46 heteroatoms. The summed E-state index contributed by atoms with van der Waals surface area (Å²) in [6.07, 6.45) is -18.3. The van der Waals surface area contributed by atoms with Crippen LogP contribution in [0, 0.1) is 40.1 Å². The van der Waals surface area contributed by atoms with Gasteiger partial charge in [0.25, 0.3) is 0 Å². The van der Waals surface area contributed by atoms with Crippen molar-refractivity contribution in [1.29, 1.82) is 0 Å². The van der Waals surface area contributed by atoms with Crippen LogP contribution in [0.1, 0.15) is 149 Å². The number of hydrogen-bond donors (Lipinski definition) is 15. The van der Waals surface area contributed by atoms with Crippen molar-refractivity contribution >= 4 is 126 Å². The first-order chi connectivity index (χ1) is 71.3. The van der Waals surface area contributed by atoms with Crippen molar-refractivity contribution in [2.45, 2.75) is 258 Å². The fourth-order valence-electron chi connectivity index (χ4n) is 18.4. The Morgan fingerprint density at radius 2 is 1.37 bits per heavy atom. The largest absolute Gasteiger partial charge is 0.492 e. The predicted molar refractivity (Wildman–Crippen MR) is 552 cm³/mol. The number of carboxylic acid groups (broad SMARTS) is 1. The number of ketones is 1. The minimum atomic E-state index is -2.31. The number of aromatic carboxylic acids is 1. The number of carbonyl (C=O) groups is 11. The predicted octanol–water partition coefficient (Wildman–Crippen LogP) is 7.95. The van der Waals surface area contributed by atoms with Gasteiger partial charge in [0.05, 0.1) is 103 Å². The Balaban J connectivity index is 0.713. The van der Waals surface area contributed by atoms with Crippen LogP contribution in [0.3, 0.4) is 0 Å². The first-order valence-electron chi connectivity index (χ1n) is 48.4. The number of allylic oxidation sites excluding steroid dienone is 3. The lowest BCUT2D eigenvalue weighted by Crippen LogP contribution is -2.65. The molecule has 0 saturated carbocycles. The Hall–Kier alpha value is -11.2. The number of nitrogens with zero attached hydrogens (tertiary/aromatic N) is 1. The van der Waals surface area contributed by atoms with E-state index in [1.54, 1.807) is 90.9 Å². The third kappa shape index (κ3) is 29.4. The molecule has 149 heavy (non-hydrogen) atoms. The van der Waals surface area contributed by atoms with Gasteiger partial charge < -0.3 is 139 Å². The number of hydrogen-bond acceptors (Lipinski definition) is 35. The van der Waals surface area contributed by atoms with E-state index < -0.39 is 216 Å². The summed E-state index contributed by atoms with van der Waals surface area (Å²) in [6, 6.07) is 22.0. The molecule has 12 rings (SSSR count). The SMILES string of the molecule is CCN(C(=O)OCc1ccc(NC(=O)[C@H](CCCNC(N)=O)NC(=O)[C@@H](NC(=O)[C@H](CCCCNC(=O)OCC2c3ccccc3-c3ccccc32)NC(C)=O)C(C)C)cc1)[C@H]1CO[C@@H](O[C@H]2[C@H](O[C@H]3C#CC=CC#C[C@]4(O)CC(=O)C(NC(=O)OC)=C3/C4=C\CSSc3ccccc3C(=O)O)O[C@H](C)[C@@H](NO[C@H]3C[C@H](O)[C@H](SC(=O)c4c(C)c(I)c(O[C@@H]5O[C@@H](C)[C@H](O)[C@@H](OC)[C@H]5O)c(OC)c4OC)[C@@H](C)O3)[C@@H]2O)C[C@@H]1OC. The summed E-state index contributed by atoms with van der Waals surface area (Å²) in [5.74, 6) is 6.05. The van der Waals surface area contributed by atoms with Crippen LogP contribution in [0.15, 0.2) is 137 Å². The zero-order valence-electron chi connectivity index (χ0n) is 84.3. The molecule has 4 aliphatic heterocycles. The smallest absolute Gasteiger partial charge is 0.411 e. The quantitative estimate of drug-likeness (QED) is 0.00439. The molecule has 4 saturated heterocycles. The summed E-state index contributed by atoms with van der Waals surface area (Å²) < 4.78 is 85.5. The van der Waals surface area contributed by atoms with E-state index in [1.165, 1.54) is 64.6 Å². The average Bonchev–Trinajstić information content (AvgIpc) is 1.67. The highest BCUT2D eigenvalue weighted by atomic mass is 127. The first-order valence-corrected chi connectivity index (χ1v) is 52.7. The lowest BCUT2D eigenvalue weighted by atomic mass is 9.75. The number of Topliss-reactive ketones (excluding diaryl/α,β-unsaturated/α-hetero) is 1. The second-order valence-corrected chi connectivity index (χ2v) is 41.0. The Bertz CT molecular complexity index is 5810. The van der Waals surface area contributed by atoms with E-state index >= 15 is 0 Å². The number of fused-ring (bicyclic) bond motifs is 5. The number of anilines is 1. The van der Waals surface area contributed by atoms with Gasteiger partial charge in [-0.25, -0.2) is 24.0 Å². The van der Waals surface area contributed by atoms with Gasteiger partial charge in [0.2, 0.25) is 40.8 Å². The van der Waals surface area contributed by atoms with Crippen LogP contribution in [0.4, 0.5) is 24.9 Å². The van der Waals surface area contributed by atoms with Crippen LogP contribution >= 0.6 is 55.9 Å². The molecule has 22 atom stereocenters. The first kappa shape index (κ1) is 116. The molecule has 42 nitrogen and oxygen atoms in total. The minimum absolute atomic E-state index is 0.00391. The second kappa shape index (κ2) is 54.7. The molecule has 4 fully saturated rings. The number of thioether (sulfide) groups is 1. The highest BCUT2D eigenvalue weighted by Crippen LogP contribution is 2.51. The molecule has 0 aromatic heterocycles. The number of carboxylic acids is 1. The molecular weight excluding hydrogens is 2110 g/mol. The number of benzene rings is 5. The fourth-order valence-corrected chi connectivity index (χ4v) is 22.2. The van der Waals surface area contributed by atoms with Gasteiger partial charge >= 0.3 is 30.3 Å². The van der Waals surface area contributed by atoms with Crippen LogP contribution in [-0.4, -0.2) is 308 Å². The molecule has 9 amide bonds. The van der Waals surface area contributed by atoms with Crippen molar-refractivity contribution < 1.29 is 155 Å². The number of nitrogens with two attached hydrogens (primary N) is 1.